The van der Waals surface area contributed by atoms with Gasteiger partial charge in [-0.3, -0.25) is 19.5 Å². The molecule has 0 spiro atoms. The van der Waals surface area contributed by atoms with Gasteiger partial charge in [-0.2, -0.15) is 16.6 Å². The fourth-order valence-corrected chi connectivity index (χ4v) is 7.97. The van der Waals surface area contributed by atoms with Gasteiger partial charge in [0.05, 0.1) is 11.6 Å². The van der Waals surface area contributed by atoms with E-state index in [0.717, 1.165) is 11.1 Å². The quantitative estimate of drug-likeness (QED) is 0.299. The smallest absolute Gasteiger partial charge is 0.410 e. The van der Waals surface area contributed by atoms with Gasteiger partial charge in [0.2, 0.25) is 5.91 Å². The summed E-state index contributed by atoms with van der Waals surface area (Å²) in [5.74, 6) is 0.315. The van der Waals surface area contributed by atoms with E-state index in [2.05, 4.69) is 27.4 Å². The molecule has 0 radical (unpaired) electrons. The number of hydrogen-bond donors (Lipinski definition) is 0. The predicted octanol–water partition coefficient (Wildman–Crippen LogP) is 4.14. The first-order valence-electron chi connectivity index (χ1n) is 14.6. The molecule has 3 saturated heterocycles. The Morgan fingerprint density at radius 3 is 2.33 bits per heavy atom. The molecule has 1 saturated carbocycles. The number of fused-ring (bicyclic) bond motifs is 2. The van der Waals surface area contributed by atoms with Gasteiger partial charge in [-0.1, -0.05) is 12.1 Å². The Kier molecular flexibility index (Phi) is 6.45. The number of likely N-dealkylation sites (tertiary alicyclic amines) is 1. The number of pyridine rings is 1. The minimum Gasteiger partial charge on any atom is -0.444 e. The highest BCUT2D eigenvalue weighted by molar-refractivity contribution is 7.07. The van der Waals surface area contributed by atoms with Gasteiger partial charge < -0.3 is 14.5 Å². The molecule has 5 heterocycles. The summed E-state index contributed by atoms with van der Waals surface area (Å²) in [5.41, 5.74) is 1.58. The van der Waals surface area contributed by atoms with Crippen molar-refractivity contribution in [1.29, 1.82) is 5.26 Å². The molecule has 1 aliphatic carbocycles. The lowest BCUT2D eigenvalue weighted by molar-refractivity contribution is -0.136. The van der Waals surface area contributed by atoms with E-state index in [-0.39, 0.29) is 41.8 Å². The SMILES string of the molecule is CC(C)(C)OC(=O)N1C[C@@H]2C(N3C(=O)C(Cc4ccncc4)(Cc4ccsc4)N4C(C(=O)c5ccc(C#N)cc5)C34)[C@@H]2C1. The van der Waals surface area contributed by atoms with Gasteiger partial charge in [0, 0.05) is 61.8 Å². The highest BCUT2D eigenvalue weighted by atomic mass is 32.1. The van der Waals surface area contributed by atoms with Crippen LogP contribution in [0.4, 0.5) is 4.79 Å². The number of amides is 2. The second-order valence-corrected chi connectivity index (χ2v) is 13.9. The van der Waals surface area contributed by atoms with Crippen molar-refractivity contribution in [1.82, 2.24) is 19.7 Å². The van der Waals surface area contributed by atoms with Gasteiger partial charge in [0.1, 0.15) is 23.3 Å². The number of piperidine rings is 1. The Morgan fingerprint density at radius 1 is 1.05 bits per heavy atom. The number of thiophene rings is 1. The molecule has 4 fully saturated rings. The molecular formula is C33H33N5O4S. The molecule has 1 aromatic carbocycles. The van der Waals surface area contributed by atoms with Crippen molar-refractivity contribution in [2.24, 2.45) is 11.8 Å². The van der Waals surface area contributed by atoms with E-state index in [9.17, 15) is 19.6 Å². The van der Waals surface area contributed by atoms with Crippen LogP contribution < -0.4 is 0 Å². The molecule has 9 nitrogen and oxygen atoms in total. The third kappa shape index (κ3) is 4.71. The van der Waals surface area contributed by atoms with Gasteiger partial charge >= 0.3 is 6.09 Å². The summed E-state index contributed by atoms with van der Waals surface area (Å²) in [5, 5.41) is 13.3. The molecule has 43 heavy (non-hydrogen) atoms. The van der Waals surface area contributed by atoms with Crippen molar-refractivity contribution in [2.75, 3.05) is 13.1 Å². The van der Waals surface area contributed by atoms with E-state index in [1.54, 1.807) is 52.9 Å². The van der Waals surface area contributed by atoms with Crippen LogP contribution >= 0.6 is 11.3 Å². The van der Waals surface area contributed by atoms with Crippen molar-refractivity contribution >= 4 is 29.1 Å². The Hall–Kier alpha value is -4.07. The number of nitriles is 1. The molecule has 7 atom stereocenters. The maximum absolute atomic E-state index is 14.7. The van der Waals surface area contributed by atoms with Crippen molar-refractivity contribution < 1.29 is 19.1 Å². The summed E-state index contributed by atoms with van der Waals surface area (Å²) >= 11 is 1.60. The maximum Gasteiger partial charge on any atom is 0.410 e. The Balaban J connectivity index is 1.22. The number of carbonyl (C=O) groups is 3. The summed E-state index contributed by atoms with van der Waals surface area (Å²) in [6, 6.07) is 14.3. The van der Waals surface area contributed by atoms with Crippen molar-refractivity contribution in [3.63, 3.8) is 0 Å². The molecule has 2 amide bonds. The third-order valence-electron chi connectivity index (χ3n) is 9.20. The number of rotatable bonds is 7. The Labute approximate surface area is 254 Å². The molecule has 4 aliphatic rings. The van der Waals surface area contributed by atoms with Crippen LogP contribution in [0.2, 0.25) is 0 Å². The monoisotopic (exact) mass is 595 g/mol. The van der Waals surface area contributed by atoms with Crippen LogP contribution in [0.1, 0.15) is 47.8 Å². The normalized spacial score (nSPS) is 30.4. The zero-order valence-corrected chi connectivity index (χ0v) is 25.2. The van der Waals surface area contributed by atoms with E-state index >= 15 is 0 Å². The largest absolute Gasteiger partial charge is 0.444 e. The molecular weight excluding hydrogens is 562 g/mol. The van der Waals surface area contributed by atoms with Gasteiger partial charge in [0.15, 0.2) is 5.78 Å². The first-order chi connectivity index (χ1) is 20.6. The van der Waals surface area contributed by atoms with Crippen LogP contribution in [0.15, 0.2) is 65.6 Å². The van der Waals surface area contributed by atoms with Crippen LogP contribution in [-0.4, -0.2) is 79.9 Å². The number of ketones is 1. The number of piperazine rings is 1. The molecule has 5 unspecified atom stereocenters. The van der Waals surface area contributed by atoms with Gasteiger partial charge in [-0.25, -0.2) is 4.79 Å². The lowest BCUT2D eigenvalue weighted by Crippen LogP contribution is -2.54. The molecule has 0 bridgehead atoms. The summed E-state index contributed by atoms with van der Waals surface area (Å²) in [6.45, 7) is 6.65. The van der Waals surface area contributed by atoms with Crippen molar-refractivity contribution in [3.05, 3.63) is 87.9 Å². The number of aromatic nitrogens is 1. The standard InChI is InChI=1S/C33H33N5O4S/c1-32(2,3)42-31(41)36-17-24-25(18-36)26(24)37-29-27(28(39)23-6-4-21(16-34)5-7-23)38(29)33(30(37)40,15-22-10-13-43-19-22)14-20-8-11-35-12-9-20/h4-13,19,24-27,29H,14-15,17-18H2,1-3H3/t24-,25+,26?,27?,29?,33?,38?. The highest BCUT2D eigenvalue weighted by Crippen LogP contribution is 2.59. The van der Waals surface area contributed by atoms with Crippen molar-refractivity contribution in [3.8, 4) is 6.07 Å². The first-order valence-corrected chi connectivity index (χ1v) is 15.6. The highest BCUT2D eigenvalue weighted by Gasteiger charge is 2.78. The van der Waals surface area contributed by atoms with Gasteiger partial charge in [0.25, 0.3) is 0 Å². The minimum absolute atomic E-state index is 0.0285. The van der Waals surface area contributed by atoms with Crippen LogP contribution in [-0.2, 0) is 22.4 Å². The van der Waals surface area contributed by atoms with E-state index in [1.807, 2.05) is 43.2 Å². The lowest BCUT2D eigenvalue weighted by atomic mass is 9.83. The first kappa shape index (κ1) is 27.7. The van der Waals surface area contributed by atoms with Gasteiger partial charge in [-0.05, 0) is 73.0 Å². The van der Waals surface area contributed by atoms with Gasteiger partial charge in [-0.15, -0.1) is 0 Å². The Bertz CT molecular complexity index is 1600. The second kappa shape index (κ2) is 10.00. The van der Waals surface area contributed by atoms with Crippen molar-refractivity contribution in [2.45, 2.75) is 63.0 Å². The van der Waals surface area contributed by atoms with E-state index in [4.69, 9.17) is 4.74 Å². The predicted molar refractivity (Wildman–Crippen MR) is 159 cm³/mol. The number of carbonyl (C=O) groups excluding carboxylic acids is 3. The number of benzene rings is 1. The van der Waals surface area contributed by atoms with Crippen LogP contribution in [0.5, 0.6) is 0 Å². The molecule has 0 N–H and O–H groups in total. The van der Waals surface area contributed by atoms with Crippen LogP contribution in [0.3, 0.4) is 0 Å². The fraction of sp³-hybridized carbons (Fsp3) is 0.424. The average Bonchev–Trinajstić information content (AvgIpc) is 3.63. The molecule has 2 aromatic heterocycles. The zero-order chi connectivity index (χ0) is 30.1. The number of nitrogens with zero attached hydrogens (tertiary/aromatic N) is 5. The molecule has 10 heteroatoms. The fourth-order valence-electron chi connectivity index (χ4n) is 7.30. The van der Waals surface area contributed by atoms with Crippen LogP contribution in [0, 0.1) is 23.2 Å². The average molecular weight is 596 g/mol. The summed E-state index contributed by atoms with van der Waals surface area (Å²) < 4.78 is 5.60. The van der Waals surface area contributed by atoms with Crippen LogP contribution in [0.25, 0.3) is 0 Å². The summed E-state index contributed by atoms with van der Waals surface area (Å²) in [7, 11) is 0. The topological polar surface area (TPSA) is 107 Å². The van der Waals surface area contributed by atoms with E-state index in [1.165, 1.54) is 0 Å². The third-order valence-corrected chi connectivity index (χ3v) is 9.93. The number of ether oxygens (including phenoxy) is 1. The molecule has 3 aromatic rings. The molecule has 3 aliphatic heterocycles. The number of Topliss-reactive ketones (excluding diaryl/α,β-unsaturated/α-hetero) is 1. The maximum atomic E-state index is 14.7. The zero-order valence-electron chi connectivity index (χ0n) is 24.3. The number of hydrogen-bond acceptors (Lipinski definition) is 8. The van der Waals surface area contributed by atoms with E-state index in [0.29, 0.717) is 37.1 Å². The molecule has 7 rings (SSSR count). The minimum atomic E-state index is -0.929. The Morgan fingerprint density at radius 2 is 1.72 bits per heavy atom. The molecule has 220 valence electrons. The lowest BCUT2D eigenvalue weighted by Gasteiger charge is -2.34. The second-order valence-electron chi connectivity index (χ2n) is 13.1. The van der Waals surface area contributed by atoms with E-state index < -0.39 is 17.2 Å². The summed E-state index contributed by atoms with van der Waals surface area (Å²) in [6.07, 6.45) is 3.76. The summed E-state index contributed by atoms with van der Waals surface area (Å²) in [4.78, 5) is 51.6.